The smallest absolute Gasteiger partial charge is 0.317 e. The molecule has 0 aromatic carbocycles. The zero-order valence-corrected chi connectivity index (χ0v) is 13.1. The van der Waals surface area contributed by atoms with Gasteiger partial charge < -0.3 is 19.5 Å². The SMILES string of the molecule is CC(C)N(C)CCCCNC(=O)N(C)Cc1ccco1. The van der Waals surface area contributed by atoms with Crippen molar-refractivity contribution in [2.24, 2.45) is 0 Å². The van der Waals surface area contributed by atoms with Crippen molar-refractivity contribution in [3.63, 3.8) is 0 Å². The normalized spacial score (nSPS) is 11.1. The number of carbonyl (C=O) groups excluding carboxylic acids is 1. The molecule has 1 aromatic rings. The third-order valence-electron chi connectivity index (χ3n) is 3.42. The lowest BCUT2D eigenvalue weighted by atomic mass is 10.2. The van der Waals surface area contributed by atoms with Gasteiger partial charge in [-0.1, -0.05) is 0 Å². The zero-order chi connectivity index (χ0) is 15.0. The number of urea groups is 1. The predicted octanol–water partition coefficient (Wildman–Crippen LogP) is 2.54. The van der Waals surface area contributed by atoms with E-state index in [1.165, 1.54) is 0 Å². The molecule has 114 valence electrons. The highest BCUT2D eigenvalue weighted by Gasteiger charge is 2.09. The van der Waals surface area contributed by atoms with Crippen LogP contribution in [-0.2, 0) is 6.54 Å². The highest BCUT2D eigenvalue weighted by Crippen LogP contribution is 2.03. The largest absolute Gasteiger partial charge is 0.467 e. The number of nitrogens with one attached hydrogen (secondary N) is 1. The molecule has 2 amide bonds. The lowest BCUT2D eigenvalue weighted by Gasteiger charge is -2.21. The van der Waals surface area contributed by atoms with Crippen molar-refractivity contribution in [3.05, 3.63) is 24.2 Å². The van der Waals surface area contributed by atoms with Gasteiger partial charge in [-0.25, -0.2) is 4.79 Å². The van der Waals surface area contributed by atoms with Gasteiger partial charge in [0, 0.05) is 19.6 Å². The molecular weight excluding hydrogens is 254 g/mol. The molecule has 1 rings (SSSR count). The highest BCUT2D eigenvalue weighted by atomic mass is 16.3. The van der Waals surface area contributed by atoms with Gasteiger partial charge in [-0.15, -0.1) is 0 Å². The van der Waals surface area contributed by atoms with Crippen LogP contribution in [0.2, 0.25) is 0 Å². The number of hydrogen-bond acceptors (Lipinski definition) is 3. The maximum absolute atomic E-state index is 11.8. The Balaban J connectivity index is 2.10. The van der Waals surface area contributed by atoms with Gasteiger partial charge in [0.25, 0.3) is 0 Å². The van der Waals surface area contributed by atoms with Crippen LogP contribution in [0.1, 0.15) is 32.4 Å². The van der Waals surface area contributed by atoms with Gasteiger partial charge in [-0.2, -0.15) is 0 Å². The van der Waals surface area contributed by atoms with Crippen molar-refractivity contribution >= 4 is 6.03 Å². The summed E-state index contributed by atoms with van der Waals surface area (Å²) in [5.74, 6) is 0.793. The highest BCUT2D eigenvalue weighted by molar-refractivity contribution is 5.73. The molecule has 0 atom stereocenters. The van der Waals surface area contributed by atoms with E-state index in [4.69, 9.17) is 4.42 Å². The number of furan rings is 1. The van der Waals surface area contributed by atoms with E-state index in [-0.39, 0.29) is 6.03 Å². The van der Waals surface area contributed by atoms with Crippen LogP contribution in [0, 0.1) is 0 Å². The van der Waals surface area contributed by atoms with E-state index in [0.29, 0.717) is 19.1 Å². The Labute approximate surface area is 121 Å². The van der Waals surface area contributed by atoms with Crippen molar-refractivity contribution in [1.29, 1.82) is 0 Å². The summed E-state index contributed by atoms with van der Waals surface area (Å²) < 4.78 is 5.22. The molecule has 0 aliphatic carbocycles. The summed E-state index contributed by atoms with van der Waals surface area (Å²) in [6.07, 6.45) is 3.71. The molecule has 5 nitrogen and oxygen atoms in total. The molecule has 20 heavy (non-hydrogen) atoms. The van der Waals surface area contributed by atoms with E-state index in [9.17, 15) is 4.79 Å². The Morgan fingerprint density at radius 2 is 2.10 bits per heavy atom. The first-order valence-electron chi connectivity index (χ1n) is 7.22. The summed E-state index contributed by atoms with van der Waals surface area (Å²) in [7, 11) is 3.89. The summed E-state index contributed by atoms with van der Waals surface area (Å²) in [6, 6.07) is 4.21. The number of carbonyl (C=O) groups is 1. The van der Waals surface area contributed by atoms with Crippen molar-refractivity contribution in [2.45, 2.75) is 39.3 Å². The van der Waals surface area contributed by atoms with Crippen molar-refractivity contribution in [3.8, 4) is 0 Å². The van der Waals surface area contributed by atoms with Crippen LogP contribution < -0.4 is 5.32 Å². The van der Waals surface area contributed by atoms with E-state index in [0.717, 1.165) is 25.1 Å². The fourth-order valence-corrected chi connectivity index (χ4v) is 1.78. The van der Waals surface area contributed by atoms with Crippen molar-refractivity contribution in [2.75, 3.05) is 27.2 Å². The van der Waals surface area contributed by atoms with Gasteiger partial charge in [0.2, 0.25) is 0 Å². The van der Waals surface area contributed by atoms with Gasteiger partial charge in [0.05, 0.1) is 12.8 Å². The van der Waals surface area contributed by atoms with E-state index < -0.39 is 0 Å². The summed E-state index contributed by atoms with van der Waals surface area (Å²) >= 11 is 0. The van der Waals surface area contributed by atoms with Crippen LogP contribution in [0.3, 0.4) is 0 Å². The molecule has 0 spiro atoms. The van der Waals surface area contributed by atoms with E-state index >= 15 is 0 Å². The third kappa shape index (κ3) is 6.10. The number of rotatable bonds is 8. The Kier molecular flexibility index (Phi) is 7.15. The van der Waals surface area contributed by atoms with Gasteiger partial charge in [0.1, 0.15) is 5.76 Å². The first kappa shape index (κ1) is 16.6. The Bertz CT molecular complexity index is 376. The quantitative estimate of drug-likeness (QED) is 0.745. The molecule has 5 heteroatoms. The zero-order valence-electron chi connectivity index (χ0n) is 13.1. The standard InChI is InChI=1S/C15H27N3O2/c1-13(2)17(3)10-6-5-9-16-15(19)18(4)12-14-8-7-11-20-14/h7-8,11,13H,5-6,9-10,12H2,1-4H3,(H,16,19). The van der Waals surface area contributed by atoms with Gasteiger partial charge in [-0.05, 0) is 52.4 Å². The van der Waals surface area contributed by atoms with Crippen LogP contribution in [0.15, 0.2) is 22.8 Å². The average Bonchev–Trinajstić information content (AvgIpc) is 2.90. The molecule has 1 N–H and O–H groups in total. The summed E-state index contributed by atoms with van der Waals surface area (Å²) in [5, 5.41) is 2.92. The lowest BCUT2D eigenvalue weighted by molar-refractivity contribution is 0.202. The minimum absolute atomic E-state index is 0.0568. The van der Waals surface area contributed by atoms with Crippen LogP contribution >= 0.6 is 0 Å². The van der Waals surface area contributed by atoms with Crippen molar-refractivity contribution in [1.82, 2.24) is 15.1 Å². The van der Waals surface area contributed by atoms with Crippen LogP contribution in [0.25, 0.3) is 0 Å². The molecular formula is C15H27N3O2. The molecule has 1 heterocycles. The number of unbranched alkanes of at least 4 members (excludes halogenated alkanes) is 1. The molecule has 0 fully saturated rings. The fraction of sp³-hybridized carbons (Fsp3) is 0.667. The third-order valence-corrected chi connectivity index (χ3v) is 3.42. The number of nitrogens with zero attached hydrogens (tertiary/aromatic N) is 2. The lowest BCUT2D eigenvalue weighted by Crippen LogP contribution is -2.37. The molecule has 0 unspecified atom stereocenters. The second-order valence-corrected chi connectivity index (χ2v) is 5.45. The average molecular weight is 281 g/mol. The number of amides is 2. The maximum atomic E-state index is 11.8. The Morgan fingerprint density at radius 3 is 2.70 bits per heavy atom. The summed E-state index contributed by atoms with van der Waals surface area (Å²) in [6.45, 7) is 6.65. The van der Waals surface area contributed by atoms with Crippen LogP contribution in [0.4, 0.5) is 4.79 Å². The Morgan fingerprint density at radius 1 is 1.35 bits per heavy atom. The maximum Gasteiger partial charge on any atom is 0.317 e. The van der Waals surface area contributed by atoms with Gasteiger partial charge in [-0.3, -0.25) is 0 Å². The van der Waals surface area contributed by atoms with Crippen LogP contribution in [-0.4, -0.2) is 49.1 Å². The molecule has 1 aromatic heterocycles. The number of hydrogen-bond donors (Lipinski definition) is 1. The Hall–Kier alpha value is -1.49. The summed E-state index contributed by atoms with van der Waals surface area (Å²) in [4.78, 5) is 15.8. The van der Waals surface area contributed by atoms with E-state index in [1.54, 1.807) is 18.2 Å². The second kappa shape index (κ2) is 8.64. The molecule has 0 saturated heterocycles. The first-order valence-corrected chi connectivity index (χ1v) is 7.22. The van der Waals surface area contributed by atoms with E-state index in [2.05, 4.69) is 31.1 Å². The minimum atomic E-state index is -0.0568. The molecule has 0 radical (unpaired) electrons. The fourth-order valence-electron chi connectivity index (χ4n) is 1.78. The molecule has 0 aliphatic rings. The van der Waals surface area contributed by atoms with E-state index in [1.807, 2.05) is 12.1 Å². The molecule has 0 bridgehead atoms. The molecule has 0 aliphatic heterocycles. The predicted molar refractivity (Wildman–Crippen MR) is 80.6 cm³/mol. The first-order chi connectivity index (χ1) is 9.50. The minimum Gasteiger partial charge on any atom is -0.467 e. The topological polar surface area (TPSA) is 48.7 Å². The van der Waals surface area contributed by atoms with Gasteiger partial charge in [0.15, 0.2) is 0 Å². The van der Waals surface area contributed by atoms with Crippen molar-refractivity contribution < 1.29 is 9.21 Å². The second-order valence-electron chi connectivity index (χ2n) is 5.45. The summed E-state index contributed by atoms with van der Waals surface area (Å²) in [5.41, 5.74) is 0. The monoisotopic (exact) mass is 281 g/mol. The van der Waals surface area contributed by atoms with Crippen LogP contribution in [0.5, 0.6) is 0 Å². The van der Waals surface area contributed by atoms with Gasteiger partial charge >= 0.3 is 6.03 Å². The molecule has 0 saturated carbocycles.